The average molecular weight is 487 g/mol. The van der Waals surface area contributed by atoms with Crippen molar-refractivity contribution in [3.63, 3.8) is 0 Å². The minimum Gasteiger partial charge on any atom is -0.507 e. The van der Waals surface area contributed by atoms with E-state index in [1.807, 2.05) is 66.7 Å². The van der Waals surface area contributed by atoms with Crippen LogP contribution in [0.4, 0.5) is 0 Å². The Labute approximate surface area is 215 Å². The van der Waals surface area contributed by atoms with Crippen molar-refractivity contribution in [1.82, 2.24) is 9.97 Å². The van der Waals surface area contributed by atoms with Crippen LogP contribution >= 0.6 is 0 Å². The number of hydrogen-bond donors (Lipinski definition) is 1. The highest BCUT2D eigenvalue weighted by molar-refractivity contribution is 6.07. The highest BCUT2D eigenvalue weighted by Gasteiger charge is 2.19. The summed E-state index contributed by atoms with van der Waals surface area (Å²) in [7, 11) is 0. The second-order valence-corrected chi connectivity index (χ2v) is 10.1. The quantitative estimate of drug-likeness (QED) is 0.270. The Morgan fingerprint density at radius 3 is 2.32 bits per heavy atom. The molecule has 0 aliphatic carbocycles. The summed E-state index contributed by atoms with van der Waals surface area (Å²) in [5.74, 6) is 1.15. The number of phenols is 1. The van der Waals surface area contributed by atoms with Gasteiger partial charge in [0.25, 0.3) is 0 Å². The molecular weight excluding hydrogens is 460 g/mol. The first kappa shape index (κ1) is 22.8. The summed E-state index contributed by atoms with van der Waals surface area (Å²) in [6.45, 7) is 6.52. The number of rotatable bonds is 4. The van der Waals surface area contributed by atoms with Crippen LogP contribution in [0.5, 0.6) is 17.5 Å². The molecule has 0 saturated heterocycles. The number of fused-ring (bicyclic) bond motifs is 3. The third-order valence-electron chi connectivity index (χ3n) is 6.47. The van der Waals surface area contributed by atoms with E-state index in [0.29, 0.717) is 17.3 Å². The normalized spacial score (nSPS) is 11.8. The summed E-state index contributed by atoms with van der Waals surface area (Å²) < 4.78 is 12.0. The number of furan rings is 1. The number of aromatic hydroxyl groups is 1. The molecular formula is C32H26N2O3. The topological polar surface area (TPSA) is 68.4 Å². The van der Waals surface area contributed by atoms with Gasteiger partial charge in [0.2, 0.25) is 11.8 Å². The van der Waals surface area contributed by atoms with Crippen molar-refractivity contribution in [2.24, 2.45) is 0 Å². The molecule has 182 valence electrons. The molecule has 3 aromatic carbocycles. The molecule has 3 heterocycles. The molecule has 0 spiro atoms. The lowest BCUT2D eigenvalue weighted by atomic mass is 9.83. The molecule has 0 aliphatic heterocycles. The van der Waals surface area contributed by atoms with Crippen molar-refractivity contribution < 1.29 is 14.3 Å². The first-order valence-electron chi connectivity index (χ1n) is 12.2. The molecule has 0 unspecified atom stereocenters. The smallest absolute Gasteiger partial charge is 0.221 e. The van der Waals surface area contributed by atoms with Gasteiger partial charge in [-0.25, -0.2) is 9.97 Å². The van der Waals surface area contributed by atoms with Crippen molar-refractivity contribution >= 4 is 21.9 Å². The predicted molar refractivity (Wildman–Crippen MR) is 147 cm³/mol. The first-order valence-corrected chi connectivity index (χ1v) is 12.2. The van der Waals surface area contributed by atoms with Crippen LogP contribution in [0.15, 0.2) is 102 Å². The van der Waals surface area contributed by atoms with Crippen molar-refractivity contribution in [1.29, 1.82) is 0 Å². The Morgan fingerprint density at radius 1 is 0.730 bits per heavy atom. The third-order valence-corrected chi connectivity index (χ3v) is 6.47. The molecule has 5 nitrogen and oxygen atoms in total. The second kappa shape index (κ2) is 8.79. The fourth-order valence-corrected chi connectivity index (χ4v) is 4.50. The molecule has 3 aromatic heterocycles. The average Bonchev–Trinajstić information content (AvgIpc) is 3.25. The number of benzene rings is 3. The number of nitrogens with zero attached hydrogens (tertiary/aromatic N) is 2. The van der Waals surface area contributed by atoms with E-state index in [9.17, 15) is 5.11 Å². The molecule has 6 aromatic rings. The SMILES string of the molecule is CC(C)(C)c1cc(-c2cccc(Oc3ccccn3)n2)cc(-c2cc3oc4ccccc4c3cc2O)c1. The zero-order valence-corrected chi connectivity index (χ0v) is 20.9. The molecule has 37 heavy (non-hydrogen) atoms. The Kier molecular flexibility index (Phi) is 5.41. The Bertz CT molecular complexity index is 1750. The molecule has 0 bridgehead atoms. The van der Waals surface area contributed by atoms with Crippen LogP contribution in [0.3, 0.4) is 0 Å². The van der Waals surface area contributed by atoms with E-state index in [1.165, 1.54) is 0 Å². The second-order valence-electron chi connectivity index (χ2n) is 10.1. The van der Waals surface area contributed by atoms with Gasteiger partial charge >= 0.3 is 0 Å². The largest absolute Gasteiger partial charge is 0.507 e. The standard InChI is InChI=1S/C32H26N2O3/c1-32(2,3)22-16-20(24-19-29-25(18-27(24)35)23-9-4-5-11-28(23)36-29)15-21(17-22)26-10-8-13-31(34-26)37-30-12-6-7-14-33-30/h4-19,35H,1-3H3. The summed E-state index contributed by atoms with van der Waals surface area (Å²) in [6.07, 6.45) is 1.68. The first-order chi connectivity index (χ1) is 17.8. The van der Waals surface area contributed by atoms with E-state index in [1.54, 1.807) is 18.3 Å². The fraction of sp³-hybridized carbons (Fsp3) is 0.125. The predicted octanol–water partition coefficient (Wildman–Crippen LogP) is 8.51. The Morgan fingerprint density at radius 2 is 1.51 bits per heavy atom. The zero-order chi connectivity index (χ0) is 25.6. The lowest BCUT2D eigenvalue weighted by Gasteiger charge is -2.22. The number of hydrogen-bond acceptors (Lipinski definition) is 5. The van der Waals surface area contributed by atoms with Gasteiger partial charge in [-0.2, -0.15) is 0 Å². The van der Waals surface area contributed by atoms with Crippen LogP contribution in [-0.2, 0) is 5.41 Å². The van der Waals surface area contributed by atoms with E-state index in [0.717, 1.165) is 44.3 Å². The van der Waals surface area contributed by atoms with E-state index in [-0.39, 0.29) is 11.2 Å². The molecule has 0 radical (unpaired) electrons. The fourth-order valence-electron chi connectivity index (χ4n) is 4.50. The Balaban J connectivity index is 1.48. The molecule has 0 amide bonds. The van der Waals surface area contributed by atoms with Crippen LogP contribution in [0.1, 0.15) is 26.3 Å². The molecule has 6 rings (SSSR count). The highest BCUT2D eigenvalue weighted by Crippen LogP contribution is 2.40. The maximum absolute atomic E-state index is 11.1. The van der Waals surface area contributed by atoms with Crippen molar-refractivity contribution in [3.8, 4) is 39.9 Å². The van der Waals surface area contributed by atoms with Gasteiger partial charge in [0.1, 0.15) is 16.9 Å². The van der Waals surface area contributed by atoms with Crippen LogP contribution in [0, 0.1) is 0 Å². The summed E-state index contributed by atoms with van der Waals surface area (Å²) in [6, 6.07) is 29.1. The Hall–Kier alpha value is -4.64. The summed E-state index contributed by atoms with van der Waals surface area (Å²) in [5, 5.41) is 13.0. The molecule has 0 aliphatic rings. The lowest BCUT2D eigenvalue weighted by molar-refractivity contribution is 0.445. The van der Waals surface area contributed by atoms with E-state index < -0.39 is 0 Å². The van der Waals surface area contributed by atoms with Crippen LogP contribution < -0.4 is 4.74 Å². The van der Waals surface area contributed by atoms with E-state index in [2.05, 4.69) is 37.9 Å². The molecule has 5 heteroatoms. The zero-order valence-electron chi connectivity index (χ0n) is 20.9. The molecule has 0 fully saturated rings. The van der Waals surface area contributed by atoms with Crippen LogP contribution in [0.2, 0.25) is 0 Å². The van der Waals surface area contributed by atoms with Crippen LogP contribution in [-0.4, -0.2) is 15.1 Å². The summed E-state index contributed by atoms with van der Waals surface area (Å²) >= 11 is 0. The van der Waals surface area contributed by atoms with Crippen LogP contribution in [0.25, 0.3) is 44.3 Å². The van der Waals surface area contributed by atoms with Gasteiger partial charge in [0, 0.05) is 40.2 Å². The number of aromatic nitrogens is 2. The van der Waals surface area contributed by atoms with Gasteiger partial charge in [0.05, 0.1) is 5.69 Å². The van der Waals surface area contributed by atoms with Gasteiger partial charge < -0.3 is 14.3 Å². The molecule has 0 atom stereocenters. The van der Waals surface area contributed by atoms with Crippen molar-refractivity contribution in [2.45, 2.75) is 26.2 Å². The number of para-hydroxylation sites is 1. The third kappa shape index (κ3) is 4.40. The monoisotopic (exact) mass is 486 g/mol. The van der Waals surface area contributed by atoms with Crippen molar-refractivity contribution in [3.05, 3.63) is 103 Å². The number of pyridine rings is 2. The number of phenolic OH excluding ortho intramolecular Hbond substituents is 1. The van der Waals surface area contributed by atoms with E-state index >= 15 is 0 Å². The van der Waals surface area contributed by atoms with Gasteiger partial charge in [-0.05, 0) is 59.0 Å². The van der Waals surface area contributed by atoms with Crippen molar-refractivity contribution in [2.75, 3.05) is 0 Å². The summed E-state index contributed by atoms with van der Waals surface area (Å²) in [4.78, 5) is 8.98. The van der Waals surface area contributed by atoms with Gasteiger partial charge in [-0.15, -0.1) is 0 Å². The lowest BCUT2D eigenvalue weighted by Crippen LogP contribution is -2.11. The summed E-state index contributed by atoms with van der Waals surface area (Å²) in [5.41, 5.74) is 5.84. The maximum atomic E-state index is 11.1. The van der Waals surface area contributed by atoms with Gasteiger partial charge in [-0.1, -0.05) is 57.2 Å². The molecule has 1 N–H and O–H groups in total. The van der Waals surface area contributed by atoms with Gasteiger partial charge in [-0.3, -0.25) is 0 Å². The minimum absolute atomic E-state index is 0.119. The maximum Gasteiger partial charge on any atom is 0.221 e. The van der Waals surface area contributed by atoms with Gasteiger partial charge in [0.15, 0.2) is 0 Å². The molecule has 0 saturated carbocycles. The van der Waals surface area contributed by atoms with E-state index in [4.69, 9.17) is 14.1 Å². The highest BCUT2D eigenvalue weighted by atomic mass is 16.5. The number of ether oxygens (including phenoxy) is 1. The minimum atomic E-state index is -0.119.